The average Bonchev–Trinajstić information content (AvgIpc) is 2.89. The van der Waals surface area contributed by atoms with Crippen LogP contribution in [0.2, 0.25) is 5.28 Å². The molecule has 0 radical (unpaired) electrons. The zero-order chi connectivity index (χ0) is 13.8. The Morgan fingerprint density at radius 1 is 1.53 bits per heavy atom. The van der Waals surface area contributed by atoms with Crippen molar-refractivity contribution in [3.05, 3.63) is 21.6 Å². The van der Waals surface area contributed by atoms with E-state index in [-0.39, 0.29) is 29.4 Å². The summed E-state index contributed by atoms with van der Waals surface area (Å²) in [6.07, 6.45) is 5.17. The van der Waals surface area contributed by atoms with Gasteiger partial charge in [-0.05, 0) is 24.4 Å². The maximum atomic E-state index is 11.0. The van der Waals surface area contributed by atoms with Gasteiger partial charge in [0.15, 0.2) is 0 Å². The van der Waals surface area contributed by atoms with Crippen LogP contribution in [0.25, 0.3) is 0 Å². The van der Waals surface area contributed by atoms with Crippen LogP contribution in [0.15, 0.2) is 6.20 Å². The number of nitro groups is 1. The fourth-order valence-corrected chi connectivity index (χ4v) is 2.60. The molecule has 2 rings (SSSR count). The Hall–Kier alpha value is -1.47. The van der Waals surface area contributed by atoms with Crippen LogP contribution in [-0.4, -0.2) is 39.2 Å². The first kappa shape index (κ1) is 14.0. The van der Waals surface area contributed by atoms with E-state index in [0.717, 1.165) is 31.9 Å². The molecule has 19 heavy (non-hydrogen) atoms. The van der Waals surface area contributed by atoms with Crippen LogP contribution in [0.4, 0.5) is 11.5 Å². The lowest BCUT2D eigenvalue weighted by Crippen LogP contribution is -2.36. The van der Waals surface area contributed by atoms with E-state index >= 15 is 0 Å². The van der Waals surface area contributed by atoms with E-state index in [1.165, 1.54) is 0 Å². The molecule has 1 aromatic rings. The maximum absolute atomic E-state index is 11.0. The molecule has 0 unspecified atom stereocenters. The maximum Gasteiger partial charge on any atom is 0.329 e. The molecule has 0 saturated heterocycles. The highest BCUT2D eigenvalue weighted by Gasteiger charge is 2.29. The van der Waals surface area contributed by atoms with Crippen LogP contribution in [0.5, 0.6) is 0 Å². The summed E-state index contributed by atoms with van der Waals surface area (Å²) in [5.74, 6) is 0.200. The lowest BCUT2D eigenvalue weighted by Gasteiger charge is -2.28. The van der Waals surface area contributed by atoms with E-state index < -0.39 is 4.92 Å². The van der Waals surface area contributed by atoms with Crippen LogP contribution in [0, 0.1) is 10.1 Å². The number of anilines is 1. The molecule has 0 bridgehead atoms. The van der Waals surface area contributed by atoms with Gasteiger partial charge in [-0.15, -0.1) is 0 Å². The van der Waals surface area contributed by atoms with Gasteiger partial charge in [0.05, 0.1) is 11.5 Å². The van der Waals surface area contributed by atoms with Crippen molar-refractivity contribution < 1.29 is 10.0 Å². The molecule has 8 heteroatoms. The van der Waals surface area contributed by atoms with Crippen molar-refractivity contribution in [3.63, 3.8) is 0 Å². The minimum Gasteiger partial charge on any atom is -0.395 e. The van der Waals surface area contributed by atoms with Crippen LogP contribution in [0.1, 0.15) is 25.7 Å². The molecule has 1 aromatic heterocycles. The Labute approximate surface area is 115 Å². The minimum absolute atomic E-state index is 0.0264. The molecule has 1 fully saturated rings. The Morgan fingerprint density at radius 2 is 2.21 bits per heavy atom. The quantitative estimate of drug-likeness (QED) is 0.504. The van der Waals surface area contributed by atoms with Crippen LogP contribution >= 0.6 is 11.6 Å². The molecule has 0 aliphatic heterocycles. The number of aliphatic hydroxyl groups excluding tert-OH is 1. The zero-order valence-corrected chi connectivity index (χ0v) is 11.1. The van der Waals surface area contributed by atoms with E-state index in [4.69, 9.17) is 16.7 Å². The van der Waals surface area contributed by atoms with E-state index in [1.807, 2.05) is 0 Å². The van der Waals surface area contributed by atoms with Crippen molar-refractivity contribution in [2.75, 3.05) is 18.1 Å². The third kappa shape index (κ3) is 3.10. The van der Waals surface area contributed by atoms with Crippen LogP contribution in [0.3, 0.4) is 0 Å². The first-order valence-corrected chi connectivity index (χ1v) is 6.55. The Balaban J connectivity index is 2.39. The third-order valence-electron chi connectivity index (χ3n) is 3.30. The number of nitrogens with zero attached hydrogens (tertiary/aromatic N) is 4. The van der Waals surface area contributed by atoms with Gasteiger partial charge >= 0.3 is 5.69 Å². The molecule has 0 spiro atoms. The summed E-state index contributed by atoms with van der Waals surface area (Å²) in [6.45, 7) is 0.216. The predicted molar refractivity (Wildman–Crippen MR) is 70.4 cm³/mol. The summed E-state index contributed by atoms with van der Waals surface area (Å²) in [5.41, 5.74) is -0.176. The Morgan fingerprint density at radius 3 is 2.79 bits per heavy atom. The van der Waals surface area contributed by atoms with Crippen molar-refractivity contribution in [2.24, 2.45) is 0 Å². The van der Waals surface area contributed by atoms with Crippen molar-refractivity contribution in [1.29, 1.82) is 0 Å². The van der Waals surface area contributed by atoms with Gasteiger partial charge in [0.2, 0.25) is 11.1 Å². The van der Waals surface area contributed by atoms with Crippen LogP contribution < -0.4 is 4.90 Å². The van der Waals surface area contributed by atoms with Gasteiger partial charge in [-0.25, -0.2) is 4.98 Å². The second-order valence-corrected chi connectivity index (χ2v) is 4.80. The first-order valence-electron chi connectivity index (χ1n) is 6.18. The summed E-state index contributed by atoms with van der Waals surface area (Å²) < 4.78 is 0. The van der Waals surface area contributed by atoms with Gasteiger partial charge < -0.3 is 10.0 Å². The number of halogens is 1. The smallest absolute Gasteiger partial charge is 0.329 e. The fraction of sp³-hybridized carbons (Fsp3) is 0.636. The SMILES string of the molecule is O=[N+]([O-])c1cnc(Cl)nc1N(CCO)C1CCCC1. The standard InChI is InChI=1S/C11H15ClN4O3/c12-11-13-7-9(16(18)19)10(14-11)15(5-6-17)8-3-1-2-4-8/h7-8,17H,1-6H2. The van der Waals surface area contributed by atoms with Crippen molar-refractivity contribution in [2.45, 2.75) is 31.7 Å². The first-order chi connectivity index (χ1) is 9.13. The highest BCUT2D eigenvalue weighted by molar-refractivity contribution is 6.28. The summed E-state index contributed by atoms with van der Waals surface area (Å²) in [6, 6.07) is 0.164. The Bertz CT molecular complexity index is 465. The Kier molecular flexibility index (Phi) is 4.49. The van der Waals surface area contributed by atoms with Gasteiger partial charge in [0.25, 0.3) is 0 Å². The molecule has 104 valence electrons. The highest BCUT2D eigenvalue weighted by Crippen LogP contribution is 2.32. The molecule has 0 amide bonds. The number of hydrogen-bond acceptors (Lipinski definition) is 6. The average molecular weight is 287 g/mol. The molecule has 7 nitrogen and oxygen atoms in total. The number of aromatic nitrogens is 2. The molecule has 1 aliphatic carbocycles. The van der Waals surface area contributed by atoms with Crippen molar-refractivity contribution in [3.8, 4) is 0 Å². The minimum atomic E-state index is -0.523. The van der Waals surface area contributed by atoms with Gasteiger partial charge in [-0.3, -0.25) is 10.1 Å². The van der Waals surface area contributed by atoms with E-state index in [0.29, 0.717) is 6.54 Å². The predicted octanol–water partition coefficient (Wildman–Crippen LogP) is 1.78. The summed E-state index contributed by atoms with van der Waals surface area (Å²) in [7, 11) is 0. The number of rotatable bonds is 5. The second-order valence-electron chi connectivity index (χ2n) is 4.46. The van der Waals surface area contributed by atoms with Gasteiger partial charge in [-0.1, -0.05) is 12.8 Å². The summed E-state index contributed by atoms with van der Waals surface area (Å²) in [5, 5.41) is 20.2. The van der Waals surface area contributed by atoms with E-state index in [1.54, 1.807) is 4.90 Å². The van der Waals surface area contributed by atoms with Crippen LogP contribution in [-0.2, 0) is 0 Å². The molecule has 1 heterocycles. The zero-order valence-electron chi connectivity index (χ0n) is 10.3. The van der Waals surface area contributed by atoms with Crippen molar-refractivity contribution in [1.82, 2.24) is 9.97 Å². The lowest BCUT2D eigenvalue weighted by atomic mass is 10.2. The summed E-state index contributed by atoms with van der Waals surface area (Å²) >= 11 is 5.74. The molecule has 0 aromatic carbocycles. The highest BCUT2D eigenvalue weighted by atomic mass is 35.5. The molecular weight excluding hydrogens is 272 g/mol. The molecule has 1 aliphatic rings. The monoisotopic (exact) mass is 286 g/mol. The topological polar surface area (TPSA) is 92.4 Å². The second kappa shape index (κ2) is 6.12. The van der Waals surface area contributed by atoms with E-state index in [2.05, 4.69) is 9.97 Å². The van der Waals surface area contributed by atoms with Gasteiger partial charge in [0.1, 0.15) is 6.20 Å². The molecule has 0 atom stereocenters. The van der Waals surface area contributed by atoms with Gasteiger partial charge in [0, 0.05) is 12.6 Å². The number of hydrogen-bond donors (Lipinski definition) is 1. The van der Waals surface area contributed by atoms with Crippen molar-refractivity contribution >= 4 is 23.1 Å². The summed E-state index contributed by atoms with van der Waals surface area (Å²) in [4.78, 5) is 19.9. The van der Waals surface area contributed by atoms with E-state index in [9.17, 15) is 10.1 Å². The molecule has 1 saturated carbocycles. The molecule has 1 N–H and O–H groups in total. The normalized spacial score (nSPS) is 15.7. The largest absolute Gasteiger partial charge is 0.395 e. The number of aliphatic hydroxyl groups is 1. The lowest BCUT2D eigenvalue weighted by molar-refractivity contribution is -0.384. The molecular formula is C11H15ClN4O3. The fourth-order valence-electron chi connectivity index (χ4n) is 2.47. The third-order valence-corrected chi connectivity index (χ3v) is 3.48. The van der Waals surface area contributed by atoms with Gasteiger partial charge in [-0.2, -0.15) is 4.98 Å².